The van der Waals surface area contributed by atoms with Crippen molar-refractivity contribution < 1.29 is 19.4 Å². The number of aromatic hydroxyl groups is 1. The molecule has 31 heavy (non-hydrogen) atoms. The van der Waals surface area contributed by atoms with Gasteiger partial charge in [-0.05, 0) is 42.5 Å². The van der Waals surface area contributed by atoms with Gasteiger partial charge in [0.2, 0.25) is 0 Å². The highest BCUT2D eigenvalue weighted by Crippen LogP contribution is 2.36. The van der Waals surface area contributed by atoms with Gasteiger partial charge >= 0.3 is 5.97 Å². The molecule has 4 heteroatoms. The van der Waals surface area contributed by atoms with E-state index in [0.717, 1.165) is 30.4 Å². The second kappa shape index (κ2) is 11.2. The average molecular weight is 419 g/mol. The summed E-state index contributed by atoms with van der Waals surface area (Å²) in [4.78, 5) is 13.2. The Labute approximate surface area is 184 Å². The number of hydrogen-bond donors (Lipinski definition) is 1. The summed E-state index contributed by atoms with van der Waals surface area (Å²) in [6.45, 7) is 4.45. The maximum Gasteiger partial charge on any atom is 0.342 e. The molecule has 4 nitrogen and oxygen atoms in total. The predicted molar refractivity (Wildman–Crippen MR) is 122 cm³/mol. The summed E-state index contributed by atoms with van der Waals surface area (Å²) in [6, 6.07) is 21.1. The van der Waals surface area contributed by atoms with E-state index in [1.807, 2.05) is 67.6 Å². The van der Waals surface area contributed by atoms with Crippen molar-refractivity contribution >= 4 is 5.97 Å². The van der Waals surface area contributed by atoms with Crippen LogP contribution in [0.25, 0.3) is 0 Å². The normalized spacial score (nSPS) is 10.6. The molecular formula is C27H30O4. The number of phenolic OH excluding ortho intramolecular Hbond substituents is 1. The lowest BCUT2D eigenvalue weighted by Crippen LogP contribution is -2.12. The molecule has 0 bridgehead atoms. The highest BCUT2D eigenvalue weighted by molar-refractivity contribution is 5.95. The average Bonchev–Trinajstić information content (AvgIpc) is 2.80. The van der Waals surface area contributed by atoms with E-state index < -0.39 is 5.97 Å². The van der Waals surface area contributed by atoms with Crippen LogP contribution in [0.2, 0.25) is 0 Å². The lowest BCUT2D eigenvalue weighted by Gasteiger charge is -2.18. The fourth-order valence-electron chi connectivity index (χ4n) is 3.51. The Kier molecular flexibility index (Phi) is 8.11. The zero-order valence-electron chi connectivity index (χ0n) is 18.3. The van der Waals surface area contributed by atoms with Crippen molar-refractivity contribution in [3.8, 4) is 11.5 Å². The van der Waals surface area contributed by atoms with Gasteiger partial charge in [-0.15, -0.1) is 0 Å². The number of unbranched alkanes of at least 4 members (excludes halogenated alkanes) is 2. The molecule has 0 saturated carbocycles. The third kappa shape index (κ3) is 6.11. The first kappa shape index (κ1) is 22.4. The third-order valence-electron chi connectivity index (χ3n) is 5.24. The molecule has 0 heterocycles. The minimum Gasteiger partial charge on any atom is -0.507 e. The molecule has 3 aromatic rings. The summed E-state index contributed by atoms with van der Waals surface area (Å²) in [5, 5.41) is 10.8. The molecule has 0 spiro atoms. The van der Waals surface area contributed by atoms with Gasteiger partial charge in [0.05, 0.1) is 0 Å². The molecule has 3 rings (SSSR count). The van der Waals surface area contributed by atoms with Gasteiger partial charge in [-0.25, -0.2) is 4.79 Å². The highest BCUT2D eigenvalue weighted by atomic mass is 16.5. The van der Waals surface area contributed by atoms with Gasteiger partial charge in [-0.2, -0.15) is 0 Å². The lowest BCUT2D eigenvalue weighted by molar-refractivity contribution is 0.0465. The third-order valence-corrected chi connectivity index (χ3v) is 5.24. The monoisotopic (exact) mass is 418 g/mol. The van der Waals surface area contributed by atoms with Crippen molar-refractivity contribution in [3.63, 3.8) is 0 Å². The summed E-state index contributed by atoms with van der Waals surface area (Å²) < 4.78 is 11.7. The minimum atomic E-state index is -0.478. The largest absolute Gasteiger partial charge is 0.507 e. The number of carbonyl (C=O) groups excluding carboxylic acids is 1. The van der Waals surface area contributed by atoms with Crippen LogP contribution in [0.4, 0.5) is 0 Å². The number of ether oxygens (including phenoxy) is 2. The maximum atomic E-state index is 13.2. The van der Waals surface area contributed by atoms with Crippen LogP contribution < -0.4 is 4.74 Å². The number of aryl methyl sites for hydroxylation is 1. The van der Waals surface area contributed by atoms with E-state index in [1.165, 1.54) is 0 Å². The van der Waals surface area contributed by atoms with E-state index in [1.54, 1.807) is 6.07 Å². The van der Waals surface area contributed by atoms with Gasteiger partial charge in [0.15, 0.2) is 0 Å². The summed E-state index contributed by atoms with van der Waals surface area (Å²) >= 11 is 0. The fraction of sp³-hybridized carbons (Fsp3) is 0.296. The van der Waals surface area contributed by atoms with E-state index in [0.29, 0.717) is 35.5 Å². The predicted octanol–water partition coefficient (Wildman–Crippen LogP) is 6.37. The Balaban J connectivity index is 1.90. The zero-order chi connectivity index (χ0) is 22.1. The molecule has 162 valence electrons. The summed E-state index contributed by atoms with van der Waals surface area (Å²) in [5.74, 6) is 0.118. The van der Waals surface area contributed by atoms with Gasteiger partial charge in [-0.3, -0.25) is 0 Å². The van der Waals surface area contributed by atoms with Crippen LogP contribution in [-0.4, -0.2) is 11.1 Å². The Morgan fingerprint density at radius 3 is 2.13 bits per heavy atom. The highest BCUT2D eigenvalue weighted by Gasteiger charge is 2.24. The van der Waals surface area contributed by atoms with Crippen LogP contribution in [0.3, 0.4) is 0 Å². The van der Waals surface area contributed by atoms with Crippen molar-refractivity contribution in [2.75, 3.05) is 0 Å². The van der Waals surface area contributed by atoms with Crippen LogP contribution in [0.5, 0.6) is 11.5 Å². The van der Waals surface area contributed by atoms with Crippen molar-refractivity contribution in [1.82, 2.24) is 0 Å². The maximum absolute atomic E-state index is 13.2. The first-order valence-corrected chi connectivity index (χ1v) is 10.8. The molecule has 0 aromatic heterocycles. The van der Waals surface area contributed by atoms with Crippen LogP contribution in [0, 0.1) is 6.92 Å². The van der Waals surface area contributed by atoms with Gasteiger partial charge in [0.25, 0.3) is 0 Å². The Morgan fingerprint density at radius 1 is 0.903 bits per heavy atom. The first-order valence-electron chi connectivity index (χ1n) is 10.8. The molecule has 0 aliphatic heterocycles. The quantitative estimate of drug-likeness (QED) is 0.307. The minimum absolute atomic E-state index is 0.148. The van der Waals surface area contributed by atoms with E-state index in [-0.39, 0.29) is 12.4 Å². The topological polar surface area (TPSA) is 55.8 Å². The van der Waals surface area contributed by atoms with Crippen molar-refractivity contribution in [2.45, 2.75) is 52.7 Å². The van der Waals surface area contributed by atoms with Crippen LogP contribution >= 0.6 is 0 Å². The number of esters is 1. The van der Waals surface area contributed by atoms with Crippen LogP contribution in [0.1, 0.15) is 58.8 Å². The van der Waals surface area contributed by atoms with Gasteiger partial charge in [0.1, 0.15) is 30.3 Å². The first-order chi connectivity index (χ1) is 15.1. The van der Waals surface area contributed by atoms with E-state index in [9.17, 15) is 9.90 Å². The molecule has 0 fully saturated rings. The molecule has 0 radical (unpaired) electrons. The lowest BCUT2D eigenvalue weighted by atomic mass is 9.96. The Bertz CT molecular complexity index is 981. The van der Waals surface area contributed by atoms with Crippen molar-refractivity contribution in [2.24, 2.45) is 0 Å². The van der Waals surface area contributed by atoms with Crippen LogP contribution in [0.15, 0.2) is 66.7 Å². The molecule has 1 N–H and O–H groups in total. The van der Waals surface area contributed by atoms with Crippen molar-refractivity contribution in [3.05, 3.63) is 94.5 Å². The number of carbonyl (C=O) groups is 1. The SMILES string of the molecule is CCCCCc1c(O)c(C)cc(OCc2ccccc2)c1C(=O)OCc1ccccc1. The van der Waals surface area contributed by atoms with Crippen molar-refractivity contribution in [1.29, 1.82) is 0 Å². The summed E-state index contributed by atoms with van der Waals surface area (Å²) in [6.07, 6.45) is 3.55. The molecule has 3 aromatic carbocycles. The molecule has 0 aliphatic rings. The number of rotatable bonds is 10. The zero-order valence-corrected chi connectivity index (χ0v) is 18.3. The van der Waals surface area contributed by atoms with E-state index in [2.05, 4.69) is 6.92 Å². The Hall–Kier alpha value is -3.27. The molecule has 0 atom stereocenters. The molecule has 0 saturated heterocycles. The number of hydrogen-bond acceptors (Lipinski definition) is 4. The smallest absolute Gasteiger partial charge is 0.342 e. The van der Waals surface area contributed by atoms with Crippen LogP contribution in [-0.2, 0) is 24.4 Å². The van der Waals surface area contributed by atoms with Gasteiger partial charge < -0.3 is 14.6 Å². The van der Waals surface area contributed by atoms with Gasteiger partial charge in [-0.1, -0.05) is 80.4 Å². The number of benzene rings is 3. The second-order valence-corrected chi connectivity index (χ2v) is 7.69. The van der Waals surface area contributed by atoms with E-state index in [4.69, 9.17) is 9.47 Å². The molecule has 0 aliphatic carbocycles. The molecular weight excluding hydrogens is 388 g/mol. The second-order valence-electron chi connectivity index (χ2n) is 7.69. The van der Waals surface area contributed by atoms with Gasteiger partial charge in [0, 0.05) is 5.56 Å². The summed E-state index contributed by atoms with van der Waals surface area (Å²) in [7, 11) is 0. The van der Waals surface area contributed by atoms with E-state index >= 15 is 0 Å². The standard InChI is InChI=1S/C27H30O4/c1-3-4-7-16-23-25(27(29)31-19-22-14-10-6-11-15-22)24(17-20(2)26(23)28)30-18-21-12-8-5-9-13-21/h5-6,8-15,17,28H,3-4,7,16,18-19H2,1-2H3. The fourth-order valence-corrected chi connectivity index (χ4v) is 3.51. The summed E-state index contributed by atoms with van der Waals surface area (Å²) in [5.41, 5.74) is 3.53. The Morgan fingerprint density at radius 2 is 1.52 bits per heavy atom. The molecule has 0 amide bonds. The number of phenols is 1. The molecule has 0 unspecified atom stereocenters.